The Morgan fingerprint density at radius 3 is 3.00 bits per heavy atom. The summed E-state index contributed by atoms with van der Waals surface area (Å²) in [6.07, 6.45) is 7.01. The molecule has 0 aliphatic carbocycles. The van der Waals surface area contributed by atoms with Crippen LogP contribution >= 0.6 is 0 Å². The minimum atomic E-state index is 0.314. The van der Waals surface area contributed by atoms with E-state index in [0.29, 0.717) is 18.1 Å². The number of aromatic amines is 1. The highest BCUT2D eigenvalue weighted by atomic mass is 16.2. The first-order valence-corrected chi connectivity index (χ1v) is 9.23. The number of hydrogen-bond donors (Lipinski definition) is 2. The summed E-state index contributed by atoms with van der Waals surface area (Å²) in [5, 5.41) is 10.8. The molecule has 2 N–H and O–H groups in total. The first-order valence-electron chi connectivity index (χ1n) is 9.23. The maximum Gasteiger partial charge on any atom is 0.0558 e. The summed E-state index contributed by atoms with van der Waals surface area (Å²) in [5.41, 5.74) is 4.62. The third-order valence-electron chi connectivity index (χ3n) is 6.37. The zero-order valence-electron chi connectivity index (χ0n) is 14.1. The van der Waals surface area contributed by atoms with E-state index in [4.69, 9.17) is 0 Å². The van der Waals surface area contributed by atoms with Crippen LogP contribution in [0, 0.1) is 5.41 Å². The predicted octanol–water partition coefficient (Wildman–Crippen LogP) is 4.03. The number of hydrogen-bond acceptors (Lipinski definition) is 2. The molecule has 3 heterocycles. The molecule has 0 amide bonds. The monoisotopic (exact) mass is 312 g/mol. The normalized spacial score (nSPS) is 27.8. The van der Waals surface area contributed by atoms with E-state index in [1.165, 1.54) is 48.9 Å². The van der Waals surface area contributed by atoms with Crippen LogP contribution in [0.2, 0.25) is 0 Å². The number of piperidine rings is 1. The number of nitrogens with one attached hydrogen (secondary N) is 1. The van der Waals surface area contributed by atoms with Crippen LogP contribution in [0.1, 0.15) is 56.3 Å². The van der Waals surface area contributed by atoms with Crippen LogP contribution in [-0.4, -0.2) is 34.7 Å². The van der Waals surface area contributed by atoms with Gasteiger partial charge in [0.05, 0.1) is 6.04 Å². The Morgan fingerprint density at radius 1 is 1.30 bits per heavy atom. The summed E-state index contributed by atoms with van der Waals surface area (Å²) in [6.45, 7) is 5.06. The molecule has 2 aromatic rings. The number of fused-ring (bicyclic) bond motifs is 5. The second-order valence-electron chi connectivity index (χ2n) is 7.40. The zero-order chi connectivity index (χ0) is 15.9. The van der Waals surface area contributed by atoms with Gasteiger partial charge < -0.3 is 10.1 Å². The summed E-state index contributed by atoms with van der Waals surface area (Å²) in [6, 6.07) is 9.26. The van der Waals surface area contributed by atoms with E-state index in [1.807, 2.05) is 0 Å². The second-order valence-corrected chi connectivity index (χ2v) is 7.40. The van der Waals surface area contributed by atoms with Crippen LogP contribution in [0.4, 0.5) is 0 Å². The van der Waals surface area contributed by atoms with Crippen molar-refractivity contribution in [2.45, 2.75) is 51.5 Å². The van der Waals surface area contributed by atoms with Gasteiger partial charge in [-0.15, -0.1) is 0 Å². The van der Waals surface area contributed by atoms with E-state index < -0.39 is 0 Å². The summed E-state index contributed by atoms with van der Waals surface area (Å²) in [4.78, 5) is 6.49. The number of aliphatic hydroxyl groups is 1. The molecule has 4 rings (SSSR count). The number of aromatic nitrogens is 1. The van der Waals surface area contributed by atoms with Gasteiger partial charge in [-0.3, -0.25) is 4.90 Å². The summed E-state index contributed by atoms with van der Waals surface area (Å²) < 4.78 is 0. The molecule has 2 aliphatic heterocycles. The number of benzene rings is 1. The van der Waals surface area contributed by atoms with Crippen molar-refractivity contribution in [2.75, 3.05) is 19.7 Å². The summed E-state index contributed by atoms with van der Waals surface area (Å²) in [5.74, 6) is 0. The Bertz CT molecular complexity index is 692. The van der Waals surface area contributed by atoms with Crippen LogP contribution in [0.3, 0.4) is 0 Å². The summed E-state index contributed by atoms with van der Waals surface area (Å²) in [7, 11) is 0. The highest BCUT2D eigenvalue weighted by Gasteiger charge is 2.46. The van der Waals surface area contributed by atoms with Gasteiger partial charge in [-0.2, -0.15) is 0 Å². The standard InChI is InChI=1S/C20H28N2O/c1-2-20(11-6-14-23)10-5-12-22-13-9-16-15-7-3-4-8-17(15)21-18(16)19(20)22/h3-4,7-8,19,21,23H,2,5-6,9-14H2,1H3/t19-,20-/m0/s1. The van der Waals surface area contributed by atoms with Crippen LogP contribution in [0.15, 0.2) is 24.3 Å². The molecule has 124 valence electrons. The first kappa shape index (κ1) is 15.2. The Kier molecular flexibility index (Phi) is 3.94. The molecule has 0 radical (unpaired) electrons. The molecule has 1 saturated heterocycles. The number of para-hydroxylation sites is 1. The fourth-order valence-electron chi connectivity index (χ4n) is 5.24. The van der Waals surface area contributed by atoms with Gasteiger partial charge in [-0.1, -0.05) is 25.1 Å². The Morgan fingerprint density at radius 2 is 2.17 bits per heavy atom. The third-order valence-corrected chi connectivity index (χ3v) is 6.37. The van der Waals surface area contributed by atoms with Crippen molar-refractivity contribution in [3.05, 3.63) is 35.5 Å². The zero-order valence-corrected chi connectivity index (χ0v) is 14.1. The van der Waals surface area contributed by atoms with Crippen LogP contribution in [-0.2, 0) is 6.42 Å². The molecule has 0 bridgehead atoms. The largest absolute Gasteiger partial charge is 0.396 e. The molecule has 1 aromatic carbocycles. The van der Waals surface area contributed by atoms with Crippen molar-refractivity contribution in [2.24, 2.45) is 5.41 Å². The maximum atomic E-state index is 9.39. The van der Waals surface area contributed by atoms with Crippen molar-refractivity contribution in [3.8, 4) is 0 Å². The summed E-state index contributed by atoms with van der Waals surface area (Å²) >= 11 is 0. The van der Waals surface area contributed by atoms with Gasteiger partial charge in [-0.05, 0) is 62.1 Å². The molecule has 2 aliphatic rings. The lowest BCUT2D eigenvalue weighted by molar-refractivity contribution is -0.0110. The van der Waals surface area contributed by atoms with Gasteiger partial charge in [-0.25, -0.2) is 0 Å². The van der Waals surface area contributed by atoms with Gasteiger partial charge in [0, 0.05) is 29.7 Å². The van der Waals surface area contributed by atoms with E-state index in [1.54, 1.807) is 5.56 Å². The van der Waals surface area contributed by atoms with Crippen LogP contribution in [0.5, 0.6) is 0 Å². The van der Waals surface area contributed by atoms with Crippen LogP contribution < -0.4 is 0 Å². The molecule has 0 saturated carbocycles. The van der Waals surface area contributed by atoms with E-state index in [0.717, 1.165) is 19.3 Å². The first-order chi connectivity index (χ1) is 11.3. The minimum absolute atomic E-state index is 0.314. The molecule has 1 fully saturated rings. The minimum Gasteiger partial charge on any atom is -0.396 e. The molecule has 2 atom stereocenters. The number of aliphatic hydroxyl groups excluding tert-OH is 1. The Hall–Kier alpha value is -1.32. The van der Waals surface area contributed by atoms with Crippen molar-refractivity contribution >= 4 is 10.9 Å². The van der Waals surface area contributed by atoms with E-state index in [9.17, 15) is 5.11 Å². The molecular weight excluding hydrogens is 284 g/mol. The van der Waals surface area contributed by atoms with E-state index in [-0.39, 0.29) is 0 Å². The SMILES string of the molecule is CC[C@@]1(CCCO)CCCN2CCc3c([nH]c4ccccc34)[C@H]21. The van der Waals surface area contributed by atoms with Crippen molar-refractivity contribution < 1.29 is 5.11 Å². The smallest absolute Gasteiger partial charge is 0.0558 e. The van der Waals surface area contributed by atoms with Crippen molar-refractivity contribution in [1.29, 1.82) is 0 Å². The average Bonchev–Trinajstić information content (AvgIpc) is 2.98. The van der Waals surface area contributed by atoms with Crippen molar-refractivity contribution in [1.82, 2.24) is 9.88 Å². The fraction of sp³-hybridized carbons (Fsp3) is 0.600. The highest BCUT2D eigenvalue weighted by molar-refractivity contribution is 5.85. The Balaban J connectivity index is 1.83. The molecule has 3 heteroatoms. The molecule has 1 aromatic heterocycles. The molecular formula is C20H28N2O. The lowest BCUT2D eigenvalue weighted by Gasteiger charge is -2.52. The van der Waals surface area contributed by atoms with Gasteiger partial charge in [0.1, 0.15) is 0 Å². The molecule has 23 heavy (non-hydrogen) atoms. The number of rotatable bonds is 4. The average molecular weight is 312 g/mol. The molecule has 0 unspecified atom stereocenters. The van der Waals surface area contributed by atoms with Gasteiger partial charge in [0.15, 0.2) is 0 Å². The van der Waals surface area contributed by atoms with Crippen LogP contribution in [0.25, 0.3) is 10.9 Å². The third kappa shape index (κ3) is 2.33. The van der Waals surface area contributed by atoms with E-state index >= 15 is 0 Å². The second kappa shape index (κ2) is 5.95. The number of H-pyrrole nitrogens is 1. The highest BCUT2D eigenvalue weighted by Crippen LogP contribution is 2.53. The fourth-order valence-corrected chi connectivity index (χ4v) is 5.24. The van der Waals surface area contributed by atoms with Crippen molar-refractivity contribution in [3.63, 3.8) is 0 Å². The molecule has 3 nitrogen and oxygen atoms in total. The number of nitrogens with zero attached hydrogens (tertiary/aromatic N) is 1. The maximum absolute atomic E-state index is 9.39. The topological polar surface area (TPSA) is 39.3 Å². The van der Waals surface area contributed by atoms with Gasteiger partial charge in [0.25, 0.3) is 0 Å². The van der Waals surface area contributed by atoms with E-state index in [2.05, 4.69) is 41.1 Å². The lowest BCUT2D eigenvalue weighted by atomic mass is 9.65. The Labute approximate surface area is 138 Å². The van der Waals surface area contributed by atoms with Gasteiger partial charge >= 0.3 is 0 Å². The quantitative estimate of drug-likeness (QED) is 0.894. The molecule has 0 spiro atoms. The lowest BCUT2D eigenvalue weighted by Crippen LogP contribution is -2.49. The predicted molar refractivity (Wildman–Crippen MR) is 94.6 cm³/mol. The van der Waals surface area contributed by atoms with Gasteiger partial charge in [0.2, 0.25) is 0 Å².